The number of hydrogen-bond donors (Lipinski definition) is 1. The quantitative estimate of drug-likeness (QED) is 0.763. The van der Waals surface area contributed by atoms with Gasteiger partial charge in [0.25, 0.3) is 0 Å². The first-order valence-corrected chi connectivity index (χ1v) is 5.63. The molecule has 1 aromatic heterocycles. The lowest BCUT2D eigenvalue weighted by Gasteiger charge is -2.14. The minimum absolute atomic E-state index is 0.0865. The number of aromatic nitrogens is 1. The fourth-order valence-corrected chi connectivity index (χ4v) is 1.35. The second-order valence-corrected chi connectivity index (χ2v) is 3.59. The van der Waals surface area contributed by atoms with Gasteiger partial charge >= 0.3 is 0 Å². The summed E-state index contributed by atoms with van der Waals surface area (Å²) in [5, 5.41) is 0. The first kappa shape index (κ1) is 12.9. The zero-order valence-corrected chi connectivity index (χ0v) is 9.98. The molecule has 1 aromatic rings. The van der Waals surface area contributed by atoms with Gasteiger partial charge in [-0.25, -0.2) is 0 Å². The van der Waals surface area contributed by atoms with Crippen molar-refractivity contribution in [2.24, 2.45) is 5.73 Å². The summed E-state index contributed by atoms with van der Waals surface area (Å²) in [6, 6.07) is 3.85. The van der Waals surface area contributed by atoms with Crippen LogP contribution in [0.25, 0.3) is 0 Å². The van der Waals surface area contributed by atoms with E-state index in [9.17, 15) is 0 Å². The maximum absolute atomic E-state index is 5.57. The predicted octanol–water partition coefficient (Wildman–Crippen LogP) is 1.52. The molecule has 1 heterocycles. The number of ether oxygens (including phenoxy) is 2. The summed E-state index contributed by atoms with van der Waals surface area (Å²) < 4.78 is 11.0. The van der Waals surface area contributed by atoms with Crippen LogP contribution < -0.4 is 10.5 Å². The van der Waals surface area contributed by atoms with Crippen molar-refractivity contribution in [3.05, 3.63) is 24.0 Å². The van der Waals surface area contributed by atoms with Gasteiger partial charge in [0, 0.05) is 25.3 Å². The van der Waals surface area contributed by atoms with Crippen LogP contribution in [0.2, 0.25) is 0 Å². The molecule has 0 aliphatic heterocycles. The van der Waals surface area contributed by atoms with Gasteiger partial charge in [-0.2, -0.15) is 0 Å². The van der Waals surface area contributed by atoms with Crippen LogP contribution in [0.3, 0.4) is 0 Å². The number of pyridine rings is 1. The third-order valence-electron chi connectivity index (χ3n) is 2.26. The molecule has 0 radical (unpaired) electrons. The Kier molecular flexibility index (Phi) is 5.82. The van der Waals surface area contributed by atoms with Crippen molar-refractivity contribution >= 4 is 0 Å². The first-order valence-electron chi connectivity index (χ1n) is 5.63. The third kappa shape index (κ3) is 4.59. The molecule has 0 bridgehead atoms. The van der Waals surface area contributed by atoms with E-state index in [0.717, 1.165) is 17.9 Å². The summed E-state index contributed by atoms with van der Waals surface area (Å²) in [4.78, 5) is 4.15. The summed E-state index contributed by atoms with van der Waals surface area (Å²) in [6.45, 7) is 5.74. The molecule has 1 unspecified atom stereocenters. The highest BCUT2D eigenvalue weighted by atomic mass is 16.5. The number of aryl methyl sites for hydroxylation is 1. The second-order valence-electron chi connectivity index (χ2n) is 3.59. The van der Waals surface area contributed by atoms with Crippen molar-refractivity contribution in [3.8, 4) is 5.75 Å². The largest absolute Gasteiger partial charge is 0.492 e. The highest BCUT2D eigenvalue weighted by Gasteiger charge is 2.05. The molecule has 0 aliphatic carbocycles. The standard InChI is InChI=1S/C12H20N2O2/c1-3-15-11(8-13)6-7-16-12-5-4-10(2)14-9-12/h4-5,9,11H,3,6-8,13H2,1-2H3. The molecule has 0 amide bonds. The lowest BCUT2D eigenvalue weighted by molar-refractivity contribution is 0.0526. The van der Waals surface area contributed by atoms with E-state index in [1.807, 2.05) is 26.0 Å². The summed E-state index contributed by atoms with van der Waals surface area (Å²) in [6.07, 6.45) is 2.62. The zero-order chi connectivity index (χ0) is 11.8. The Labute approximate surface area is 96.8 Å². The van der Waals surface area contributed by atoms with Crippen molar-refractivity contribution in [1.82, 2.24) is 4.98 Å². The molecule has 2 N–H and O–H groups in total. The van der Waals surface area contributed by atoms with Crippen LogP contribution in [0.15, 0.2) is 18.3 Å². The lowest BCUT2D eigenvalue weighted by atomic mass is 10.2. The Balaban J connectivity index is 2.26. The van der Waals surface area contributed by atoms with E-state index in [0.29, 0.717) is 19.8 Å². The van der Waals surface area contributed by atoms with Crippen LogP contribution in [0.4, 0.5) is 0 Å². The third-order valence-corrected chi connectivity index (χ3v) is 2.26. The molecular weight excluding hydrogens is 204 g/mol. The Morgan fingerprint density at radius 3 is 2.81 bits per heavy atom. The minimum atomic E-state index is 0.0865. The summed E-state index contributed by atoms with van der Waals surface area (Å²) in [5.41, 5.74) is 6.55. The highest BCUT2D eigenvalue weighted by Crippen LogP contribution is 2.09. The topological polar surface area (TPSA) is 57.4 Å². The highest BCUT2D eigenvalue weighted by molar-refractivity contribution is 5.18. The monoisotopic (exact) mass is 224 g/mol. The van der Waals surface area contributed by atoms with Gasteiger partial charge in [0.1, 0.15) is 5.75 Å². The summed E-state index contributed by atoms with van der Waals surface area (Å²) in [5.74, 6) is 0.790. The first-order chi connectivity index (χ1) is 7.76. The number of rotatable bonds is 7. The molecule has 0 saturated heterocycles. The molecular formula is C12H20N2O2. The van der Waals surface area contributed by atoms with Gasteiger partial charge in [0.15, 0.2) is 0 Å². The predicted molar refractivity (Wildman–Crippen MR) is 63.6 cm³/mol. The van der Waals surface area contributed by atoms with E-state index in [4.69, 9.17) is 15.2 Å². The number of nitrogens with zero attached hydrogens (tertiary/aromatic N) is 1. The number of hydrogen-bond acceptors (Lipinski definition) is 4. The van der Waals surface area contributed by atoms with Gasteiger partial charge in [-0.3, -0.25) is 4.98 Å². The van der Waals surface area contributed by atoms with Crippen LogP contribution in [0, 0.1) is 6.92 Å². The van der Waals surface area contributed by atoms with Gasteiger partial charge in [-0.05, 0) is 26.0 Å². The Hall–Kier alpha value is -1.13. The van der Waals surface area contributed by atoms with Gasteiger partial charge in [-0.15, -0.1) is 0 Å². The van der Waals surface area contributed by atoms with Crippen molar-refractivity contribution in [2.75, 3.05) is 19.8 Å². The van der Waals surface area contributed by atoms with Gasteiger partial charge in [0.2, 0.25) is 0 Å². The normalized spacial score (nSPS) is 12.4. The van der Waals surface area contributed by atoms with Crippen molar-refractivity contribution in [1.29, 1.82) is 0 Å². The van der Waals surface area contributed by atoms with Crippen molar-refractivity contribution < 1.29 is 9.47 Å². The lowest BCUT2D eigenvalue weighted by Crippen LogP contribution is -2.25. The summed E-state index contributed by atoms with van der Waals surface area (Å²) in [7, 11) is 0. The molecule has 1 rings (SSSR count). The van der Waals surface area contributed by atoms with Crippen LogP contribution in [-0.4, -0.2) is 30.8 Å². The van der Waals surface area contributed by atoms with E-state index in [2.05, 4.69) is 4.98 Å². The maximum Gasteiger partial charge on any atom is 0.137 e. The van der Waals surface area contributed by atoms with Gasteiger partial charge in [0.05, 0.1) is 18.9 Å². The van der Waals surface area contributed by atoms with E-state index in [-0.39, 0.29) is 6.10 Å². The van der Waals surface area contributed by atoms with Crippen molar-refractivity contribution in [2.45, 2.75) is 26.4 Å². The maximum atomic E-state index is 5.57. The van der Waals surface area contributed by atoms with Gasteiger partial charge in [-0.1, -0.05) is 0 Å². The molecule has 16 heavy (non-hydrogen) atoms. The molecule has 0 aliphatic rings. The molecule has 1 atom stereocenters. The molecule has 0 saturated carbocycles. The molecule has 0 aromatic carbocycles. The Morgan fingerprint density at radius 1 is 1.44 bits per heavy atom. The van der Waals surface area contributed by atoms with E-state index in [1.165, 1.54) is 0 Å². The second kappa shape index (κ2) is 7.19. The van der Waals surface area contributed by atoms with Crippen LogP contribution in [-0.2, 0) is 4.74 Å². The van der Waals surface area contributed by atoms with E-state index >= 15 is 0 Å². The molecule has 4 nitrogen and oxygen atoms in total. The average molecular weight is 224 g/mol. The van der Waals surface area contributed by atoms with Crippen LogP contribution in [0.5, 0.6) is 5.75 Å². The van der Waals surface area contributed by atoms with Crippen LogP contribution >= 0.6 is 0 Å². The van der Waals surface area contributed by atoms with Gasteiger partial charge < -0.3 is 15.2 Å². The fraction of sp³-hybridized carbons (Fsp3) is 0.583. The SMILES string of the molecule is CCOC(CN)CCOc1ccc(C)nc1. The Morgan fingerprint density at radius 2 is 2.25 bits per heavy atom. The van der Waals surface area contributed by atoms with Crippen molar-refractivity contribution in [3.63, 3.8) is 0 Å². The zero-order valence-electron chi connectivity index (χ0n) is 9.98. The molecule has 0 fully saturated rings. The van der Waals surface area contributed by atoms with E-state index < -0.39 is 0 Å². The average Bonchev–Trinajstić information content (AvgIpc) is 2.30. The minimum Gasteiger partial charge on any atom is -0.492 e. The molecule has 0 spiro atoms. The van der Waals surface area contributed by atoms with Crippen LogP contribution in [0.1, 0.15) is 19.0 Å². The molecule has 4 heteroatoms. The summed E-state index contributed by atoms with van der Waals surface area (Å²) >= 11 is 0. The van der Waals surface area contributed by atoms with E-state index in [1.54, 1.807) is 6.20 Å². The Bertz CT molecular complexity index is 288. The molecule has 90 valence electrons. The fourth-order valence-electron chi connectivity index (χ4n) is 1.35. The number of nitrogens with two attached hydrogens (primary N) is 1. The smallest absolute Gasteiger partial charge is 0.137 e.